The summed E-state index contributed by atoms with van der Waals surface area (Å²) in [4.78, 5) is 35.6. The van der Waals surface area contributed by atoms with Crippen molar-refractivity contribution >= 4 is 17.8 Å². The van der Waals surface area contributed by atoms with E-state index in [2.05, 4.69) is 31.4 Å². The monoisotopic (exact) mass is 362 g/mol. The molecule has 0 aliphatic carbocycles. The Morgan fingerprint density at radius 2 is 1.54 bits per heavy atom. The standard InChI is InChI=1S/C20H30N2O4/c1-12(2)17(19(26)21-13(3)11-16(23)24)22-18(25)14-7-9-15(10-8-14)20(4,5)6/h7-10,12-13,17H,11H2,1-6H3,(H,21,26)(H,22,25)(H,23,24). The normalized spacial score (nSPS) is 13.8. The number of aliphatic carboxylic acids is 1. The van der Waals surface area contributed by atoms with Crippen LogP contribution in [0.3, 0.4) is 0 Å². The molecule has 1 aromatic rings. The molecule has 2 unspecified atom stereocenters. The van der Waals surface area contributed by atoms with Crippen LogP contribution in [0.1, 0.15) is 63.9 Å². The number of hydrogen-bond acceptors (Lipinski definition) is 3. The topological polar surface area (TPSA) is 95.5 Å². The molecule has 1 rings (SSSR count). The second kappa shape index (κ2) is 8.83. The molecule has 0 radical (unpaired) electrons. The molecule has 0 saturated heterocycles. The second-order valence-corrected chi connectivity index (χ2v) is 8.03. The number of carbonyl (C=O) groups is 3. The van der Waals surface area contributed by atoms with Gasteiger partial charge < -0.3 is 15.7 Å². The Morgan fingerprint density at radius 1 is 1.00 bits per heavy atom. The third-order valence-electron chi connectivity index (χ3n) is 4.12. The van der Waals surface area contributed by atoms with Crippen molar-refractivity contribution in [3.8, 4) is 0 Å². The molecule has 0 aliphatic rings. The van der Waals surface area contributed by atoms with Crippen LogP contribution in [0.2, 0.25) is 0 Å². The molecule has 26 heavy (non-hydrogen) atoms. The lowest BCUT2D eigenvalue weighted by Gasteiger charge is -2.24. The van der Waals surface area contributed by atoms with Gasteiger partial charge in [-0.05, 0) is 36.0 Å². The fourth-order valence-corrected chi connectivity index (χ4v) is 2.53. The van der Waals surface area contributed by atoms with E-state index in [1.54, 1.807) is 19.1 Å². The van der Waals surface area contributed by atoms with Crippen molar-refractivity contribution in [3.63, 3.8) is 0 Å². The summed E-state index contributed by atoms with van der Waals surface area (Å²) in [5.74, 6) is -1.83. The fourth-order valence-electron chi connectivity index (χ4n) is 2.53. The van der Waals surface area contributed by atoms with Crippen LogP contribution >= 0.6 is 0 Å². The molecule has 0 heterocycles. The average molecular weight is 362 g/mol. The van der Waals surface area contributed by atoms with Crippen LogP contribution in [0.5, 0.6) is 0 Å². The van der Waals surface area contributed by atoms with Crippen LogP contribution in [-0.4, -0.2) is 35.0 Å². The first-order valence-corrected chi connectivity index (χ1v) is 8.85. The van der Waals surface area contributed by atoms with Gasteiger partial charge in [0.05, 0.1) is 6.42 Å². The number of amides is 2. The molecular formula is C20H30N2O4. The Balaban J connectivity index is 2.82. The van der Waals surface area contributed by atoms with Gasteiger partial charge in [0.25, 0.3) is 5.91 Å². The molecule has 2 atom stereocenters. The molecule has 6 heteroatoms. The van der Waals surface area contributed by atoms with E-state index >= 15 is 0 Å². The maximum atomic E-state index is 12.5. The summed E-state index contributed by atoms with van der Waals surface area (Å²) in [6, 6.07) is 6.07. The van der Waals surface area contributed by atoms with Gasteiger partial charge in [0.2, 0.25) is 5.91 Å². The van der Waals surface area contributed by atoms with Crippen LogP contribution in [0.25, 0.3) is 0 Å². The quantitative estimate of drug-likeness (QED) is 0.695. The smallest absolute Gasteiger partial charge is 0.305 e. The minimum absolute atomic E-state index is 0.00433. The number of benzene rings is 1. The molecule has 1 aromatic carbocycles. The van der Waals surface area contributed by atoms with Gasteiger partial charge in [0.15, 0.2) is 0 Å². The molecule has 0 aliphatic heterocycles. The van der Waals surface area contributed by atoms with Crippen LogP contribution < -0.4 is 10.6 Å². The van der Waals surface area contributed by atoms with Crippen molar-refractivity contribution in [2.24, 2.45) is 5.92 Å². The Bertz CT molecular complexity index is 645. The first kappa shape index (κ1) is 21.7. The summed E-state index contributed by atoms with van der Waals surface area (Å²) in [5, 5.41) is 14.2. The van der Waals surface area contributed by atoms with E-state index in [0.717, 1.165) is 5.56 Å². The van der Waals surface area contributed by atoms with Crippen LogP contribution in [-0.2, 0) is 15.0 Å². The van der Waals surface area contributed by atoms with E-state index in [9.17, 15) is 14.4 Å². The first-order valence-electron chi connectivity index (χ1n) is 8.85. The largest absolute Gasteiger partial charge is 0.481 e. The molecule has 0 aromatic heterocycles. The first-order chi connectivity index (χ1) is 11.9. The maximum Gasteiger partial charge on any atom is 0.305 e. The van der Waals surface area contributed by atoms with E-state index in [4.69, 9.17) is 5.11 Å². The minimum atomic E-state index is -0.984. The molecule has 6 nitrogen and oxygen atoms in total. The maximum absolute atomic E-state index is 12.5. The molecule has 2 amide bonds. The van der Waals surface area contributed by atoms with Crippen molar-refractivity contribution in [1.82, 2.24) is 10.6 Å². The average Bonchev–Trinajstić information content (AvgIpc) is 2.50. The van der Waals surface area contributed by atoms with Crippen molar-refractivity contribution < 1.29 is 19.5 Å². The number of carboxylic acids is 1. The van der Waals surface area contributed by atoms with Crippen molar-refractivity contribution in [2.45, 2.75) is 65.5 Å². The van der Waals surface area contributed by atoms with Gasteiger partial charge in [0, 0.05) is 11.6 Å². The third kappa shape index (κ3) is 6.50. The Morgan fingerprint density at radius 3 is 1.96 bits per heavy atom. The SMILES string of the molecule is CC(CC(=O)O)NC(=O)C(NC(=O)c1ccc(C(C)(C)C)cc1)C(C)C. The van der Waals surface area contributed by atoms with Gasteiger partial charge >= 0.3 is 5.97 Å². The summed E-state index contributed by atoms with van der Waals surface area (Å²) in [6.07, 6.45) is -0.168. The summed E-state index contributed by atoms with van der Waals surface area (Å²) in [5.41, 5.74) is 1.60. The fraction of sp³-hybridized carbons (Fsp3) is 0.550. The van der Waals surface area contributed by atoms with E-state index in [1.165, 1.54) is 0 Å². The van der Waals surface area contributed by atoms with E-state index in [0.29, 0.717) is 5.56 Å². The number of carboxylic acid groups (broad SMARTS) is 1. The van der Waals surface area contributed by atoms with Gasteiger partial charge in [0.1, 0.15) is 6.04 Å². The van der Waals surface area contributed by atoms with Gasteiger partial charge in [-0.3, -0.25) is 14.4 Å². The third-order valence-corrected chi connectivity index (χ3v) is 4.12. The summed E-state index contributed by atoms with van der Waals surface area (Å²) < 4.78 is 0. The number of carbonyl (C=O) groups excluding carboxylic acids is 2. The molecule has 144 valence electrons. The Kier molecular flexibility index (Phi) is 7.36. The highest BCUT2D eigenvalue weighted by Gasteiger charge is 2.26. The zero-order chi connectivity index (χ0) is 20.1. The van der Waals surface area contributed by atoms with Crippen LogP contribution in [0, 0.1) is 5.92 Å². The molecule has 0 saturated carbocycles. The van der Waals surface area contributed by atoms with Gasteiger partial charge in [-0.1, -0.05) is 46.8 Å². The zero-order valence-corrected chi connectivity index (χ0v) is 16.4. The predicted octanol–water partition coefficient (Wildman–Crippen LogP) is 2.72. The Labute approximate surface area is 155 Å². The highest BCUT2D eigenvalue weighted by molar-refractivity contribution is 5.97. The number of rotatable bonds is 7. The summed E-state index contributed by atoms with van der Waals surface area (Å²) in [7, 11) is 0. The van der Waals surface area contributed by atoms with Crippen LogP contribution in [0.4, 0.5) is 0 Å². The molecule has 3 N–H and O–H groups in total. The second-order valence-electron chi connectivity index (χ2n) is 8.03. The van der Waals surface area contributed by atoms with Gasteiger partial charge in [-0.15, -0.1) is 0 Å². The number of nitrogens with one attached hydrogen (secondary N) is 2. The molecule has 0 fully saturated rings. The summed E-state index contributed by atoms with van der Waals surface area (Å²) >= 11 is 0. The lowest BCUT2D eigenvalue weighted by molar-refractivity contribution is -0.137. The number of hydrogen-bond donors (Lipinski definition) is 3. The lowest BCUT2D eigenvalue weighted by atomic mass is 9.86. The molecule has 0 spiro atoms. The van der Waals surface area contributed by atoms with E-state index in [1.807, 2.05) is 26.0 Å². The van der Waals surface area contributed by atoms with Gasteiger partial charge in [-0.25, -0.2) is 0 Å². The highest BCUT2D eigenvalue weighted by Crippen LogP contribution is 2.22. The van der Waals surface area contributed by atoms with E-state index in [-0.39, 0.29) is 29.6 Å². The highest BCUT2D eigenvalue weighted by atomic mass is 16.4. The predicted molar refractivity (Wildman–Crippen MR) is 101 cm³/mol. The van der Waals surface area contributed by atoms with Crippen molar-refractivity contribution in [3.05, 3.63) is 35.4 Å². The van der Waals surface area contributed by atoms with Gasteiger partial charge in [-0.2, -0.15) is 0 Å². The molecular weight excluding hydrogens is 332 g/mol. The van der Waals surface area contributed by atoms with Crippen molar-refractivity contribution in [2.75, 3.05) is 0 Å². The zero-order valence-electron chi connectivity index (χ0n) is 16.4. The summed E-state index contributed by atoms with van der Waals surface area (Å²) in [6.45, 7) is 11.6. The molecule has 0 bridgehead atoms. The minimum Gasteiger partial charge on any atom is -0.481 e. The van der Waals surface area contributed by atoms with Crippen LogP contribution in [0.15, 0.2) is 24.3 Å². The Hall–Kier alpha value is -2.37. The van der Waals surface area contributed by atoms with Crippen molar-refractivity contribution in [1.29, 1.82) is 0 Å². The lowest BCUT2D eigenvalue weighted by Crippen LogP contribution is -2.51. The van der Waals surface area contributed by atoms with E-state index < -0.39 is 18.1 Å².